The Morgan fingerprint density at radius 1 is 0.794 bits per heavy atom. The lowest BCUT2D eigenvalue weighted by Gasteiger charge is -2.23. The highest BCUT2D eigenvalue weighted by molar-refractivity contribution is 5.94. The second kappa shape index (κ2) is 9.96. The first-order valence-corrected chi connectivity index (χ1v) is 11.5. The summed E-state index contributed by atoms with van der Waals surface area (Å²) in [7, 11) is 0. The predicted octanol–water partition coefficient (Wildman–Crippen LogP) is 6.20. The summed E-state index contributed by atoms with van der Waals surface area (Å²) in [6.45, 7) is 6.54. The van der Waals surface area contributed by atoms with E-state index in [2.05, 4.69) is 0 Å². The molecule has 0 saturated heterocycles. The average Bonchev–Trinajstić information content (AvgIpc) is 3.17. The molecule has 4 aromatic rings. The van der Waals surface area contributed by atoms with Crippen LogP contribution in [-0.4, -0.2) is 27.1 Å². The van der Waals surface area contributed by atoms with Crippen LogP contribution in [0.2, 0.25) is 0 Å². The van der Waals surface area contributed by atoms with Crippen LogP contribution < -0.4 is 0 Å². The topological polar surface area (TPSA) is 51.5 Å². The van der Waals surface area contributed by atoms with Gasteiger partial charge in [0.1, 0.15) is 5.60 Å². The highest BCUT2D eigenvalue weighted by atomic mass is 16.6. The van der Waals surface area contributed by atoms with Crippen molar-refractivity contribution < 1.29 is 14.3 Å². The standard InChI is InChI=1S/C29H30N2O3/c1-29(2,3)34-28(33)31-21-24(25-16-10-11-17-26(25)31)18-27(32)30(19-22-12-6-4-7-13-22)20-23-14-8-5-9-15-23/h4-17,21H,18-20H2,1-3H3. The van der Waals surface area contributed by atoms with Crippen LogP contribution >= 0.6 is 0 Å². The third-order valence-corrected chi connectivity index (χ3v) is 5.51. The molecule has 0 aliphatic carbocycles. The van der Waals surface area contributed by atoms with Gasteiger partial charge >= 0.3 is 6.09 Å². The third kappa shape index (κ3) is 5.73. The maximum Gasteiger partial charge on any atom is 0.419 e. The van der Waals surface area contributed by atoms with E-state index < -0.39 is 11.7 Å². The monoisotopic (exact) mass is 454 g/mol. The van der Waals surface area contributed by atoms with E-state index in [0.29, 0.717) is 13.1 Å². The van der Waals surface area contributed by atoms with E-state index in [-0.39, 0.29) is 12.3 Å². The Bertz CT molecular complexity index is 1230. The van der Waals surface area contributed by atoms with E-state index in [1.165, 1.54) is 4.57 Å². The minimum absolute atomic E-state index is 0.000187. The van der Waals surface area contributed by atoms with Gasteiger partial charge in [-0.25, -0.2) is 4.79 Å². The summed E-state index contributed by atoms with van der Waals surface area (Å²) < 4.78 is 7.09. The minimum Gasteiger partial charge on any atom is -0.443 e. The van der Waals surface area contributed by atoms with Gasteiger partial charge in [0.15, 0.2) is 0 Å². The number of para-hydroxylation sites is 1. The Hall–Kier alpha value is -3.86. The molecule has 0 aliphatic heterocycles. The van der Waals surface area contributed by atoms with Crippen molar-refractivity contribution in [1.82, 2.24) is 9.47 Å². The number of aromatic nitrogens is 1. The number of ether oxygens (including phenoxy) is 1. The molecule has 1 amide bonds. The fourth-order valence-corrected chi connectivity index (χ4v) is 3.97. The van der Waals surface area contributed by atoms with E-state index >= 15 is 0 Å². The number of hydrogen-bond donors (Lipinski definition) is 0. The summed E-state index contributed by atoms with van der Waals surface area (Å²) >= 11 is 0. The number of nitrogens with zero attached hydrogens (tertiary/aromatic N) is 2. The summed E-state index contributed by atoms with van der Waals surface area (Å²) in [5.41, 5.74) is 3.07. The molecule has 1 heterocycles. The molecule has 0 N–H and O–H groups in total. The minimum atomic E-state index is -0.611. The van der Waals surface area contributed by atoms with Gasteiger partial charge in [0.2, 0.25) is 5.91 Å². The predicted molar refractivity (Wildman–Crippen MR) is 134 cm³/mol. The number of benzene rings is 3. The molecule has 0 fully saturated rings. The van der Waals surface area contributed by atoms with Crippen molar-refractivity contribution in [2.75, 3.05) is 0 Å². The smallest absolute Gasteiger partial charge is 0.419 e. The molecule has 174 valence electrons. The molecule has 0 radical (unpaired) electrons. The van der Waals surface area contributed by atoms with Crippen molar-refractivity contribution in [3.05, 3.63) is 108 Å². The summed E-state index contributed by atoms with van der Waals surface area (Å²) in [6, 6.07) is 27.6. The number of amides is 1. The van der Waals surface area contributed by atoms with Gasteiger partial charge in [-0.05, 0) is 43.5 Å². The Labute approximate surface area is 200 Å². The van der Waals surface area contributed by atoms with Gasteiger partial charge in [-0.3, -0.25) is 9.36 Å². The maximum atomic E-state index is 13.6. The number of hydrogen-bond acceptors (Lipinski definition) is 3. The van der Waals surface area contributed by atoms with Crippen LogP contribution in [-0.2, 0) is 29.0 Å². The zero-order chi connectivity index (χ0) is 24.1. The van der Waals surface area contributed by atoms with Crippen LogP contribution in [0.1, 0.15) is 37.5 Å². The molecule has 0 bridgehead atoms. The molecule has 0 atom stereocenters. The zero-order valence-electron chi connectivity index (χ0n) is 19.9. The van der Waals surface area contributed by atoms with E-state index in [1.807, 2.05) is 111 Å². The van der Waals surface area contributed by atoms with Crippen molar-refractivity contribution in [2.24, 2.45) is 0 Å². The first-order chi connectivity index (χ1) is 16.3. The lowest BCUT2D eigenvalue weighted by atomic mass is 10.1. The molecule has 0 unspecified atom stereocenters. The number of fused-ring (bicyclic) bond motifs is 1. The fraction of sp³-hybridized carbons (Fsp3) is 0.241. The second-order valence-electron chi connectivity index (χ2n) is 9.42. The molecule has 5 heteroatoms. The van der Waals surface area contributed by atoms with Crippen molar-refractivity contribution in [3.63, 3.8) is 0 Å². The summed E-state index contributed by atoms with van der Waals surface area (Å²) in [6.07, 6.45) is 1.48. The molecule has 34 heavy (non-hydrogen) atoms. The van der Waals surface area contributed by atoms with E-state index in [1.54, 1.807) is 6.20 Å². The van der Waals surface area contributed by atoms with Crippen LogP contribution in [0.25, 0.3) is 10.9 Å². The van der Waals surface area contributed by atoms with Crippen molar-refractivity contribution in [1.29, 1.82) is 0 Å². The number of carbonyl (C=O) groups excluding carboxylic acids is 2. The highest BCUT2D eigenvalue weighted by Gasteiger charge is 2.23. The van der Waals surface area contributed by atoms with Gasteiger partial charge < -0.3 is 9.64 Å². The van der Waals surface area contributed by atoms with Gasteiger partial charge in [-0.1, -0.05) is 78.9 Å². The number of rotatable bonds is 6. The maximum absolute atomic E-state index is 13.6. The quantitative estimate of drug-likeness (QED) is 0.349. The molecule has 1 aromatic heterocycles. The molecular weight excluding hydrogens is 424 g/mol. The molecule has 0 saturated carbocycles. The first-order valence-electron chi connectivity index (χ1n) is 11.5. The van der Waals surface area contributed by atoms with Crippen molar-refractivity contribution >= 4 is 22.9 Å². The lowest BCUT2D eigenvalue weighted by Crippen LogP contribution is -2.31. The highest BCUT2D eigenvalue weighted by Crippen LogP contribution is 2.24. The first kappa shape index (κ1) is 23.3. The molecule has 5 nitrogen and oxygen atoms in total. The van der Waals surface area contributed by atoms with Gasteiger partial charge in [0.25, 0.3) is 0 Å². The Morgan fingerprint density at radius 3 is 1.88 bits per heavy atom. The Kier molecular flexibility index (Phi) is 6.82. The SMILES string of the molecule is CC(C)(C)OC(=O)n1cc(CC(=O)N(Cc2ccccc2)Cc2ccccc2)c2ccccc21. The Balaban J connectivity index is 1.63. The van der Waals surface area contributed by atoms with Gasteiger partial charge in [-0.2, -0.15) is 0 Å². The van der Waals surface area contributed by atoms with Crippen molar-refractivity contribution in [2.45, 2.75) is 45.9 Å². The van der Waals surface area contributed by atoms with Crippen LogP contribution in [0.5, 0.6) is 0 Å². The molecule has 0 spiro atoms. The molecule has 4 rings (SSSR count). The lowest BCUT2D eigenvalue weighted by molar-refractivity contribution is -0.131. The largest absolute Gasteiger partial charge is 0.443 e. The van der Waals surface area contributed by atoms with Crippen molar-refractivity contribution in [3.8, 4) is 0 Å². The van der Waals surface area contributed by atoms with Gasteiger partial charge in [0.05, 0.1) is 11.9 Å². The average molecular weight is 455 g/mol. The fourth-order valence-electron chi connectivity index (χ4n) is 3.97. The normalized spacial score (nSPS) is 11.4. The van der Waals surface area contributed by atoms with Crippen LogP contribution in [0.4, 0.5) is 4.79 Å². The third-order valence-electron chi connectivity index (χ3n) is 5.51. The van der Waals surface area contributed by atoms with Gasteiger partial charge in [-0.15, -0.1) is 0 Å². The van der Waals surface area contributed by atoms with E-state index in [4.69, 9.17) is 4.74 Å². The van der Waals surface area contributed by atoms with Gasteiger partial charge in [0, 0.05) is 24.7 Å². The second-order valence-corrected chi connectivity index (χ2v) is 9.42. The molecular formula is C29H30N2O3. The zero-order valence-corrected chi connectivity index (χ0v) is 19.9. The Morgan fingerprint density at radius 2 is 1.32 bits per heavy atom. The molecule has 0 aliphatic rings. The van der Waals surface area contributed by atoms with Crippen LogP contribution in [0.3, 0.4) is 0 Å². The van der Waals surface area contributed by atoms with E-state index in [9.17, 15) is 9.59 Å². The summed E-state index contributed by atoms with van der Waals surface area (Å²) in [5, 5.41) is 0.876. The van der Waals surface area contributed by atoms with E-state index in [0.717, 1.165) is 27.6 Å². The molecule has 3 aromatic carbocycles. The van der Waals surface area contributed by atoms with Crippen LogP contribution in [0, 0.1) is 0 Å². The summed E-state index contributed by atoms with van der Waals surface area (Å²) in [4.78, 5) is 28.3. The number of carbonyl (C=O) groups is 2. The van der Waals surface area contributed by atoms with Crippen LogP contribution in [0.15, 0.2) is 91.1 Å². The summed E-state index contributed by atoms with van der Waals surface area (Å²) in [5.74, 6) is -0.000187.